The summed E-state index contributed by atoms with van der Waals surface area (Å²) in [5.74, 6) is -1.44. The molecule has 2 aromatic carbocycles. The van der Waals surface area contributed by atoms with E-state index >= 15 is 0 Å². The number of nitriles is 1. The minimum absolute atomic E-state index is 0.0184. The molecule has 0 fully saturated rings. The highest BCUT2D eigenvalue weighted by atomic mass is 79.9. The van der Waals surface area contributed by atoms with Gasteiger partial charge in [-0.15, -0.1) is 0 Å². The number of benzene rings is 2. The van der Waals surface area contributed by atoms with Crippen molar-refractivity contribution >= 4 is 31.6 Å². The first-order valence-corrected chi connectivity index (χ1v) is 7.79. The standard InChI is InChI=1S/C13H7BrF2N2O2S/c14-10-6-8(15)4-5-13(10)21(19,20)18-12-3-1-2-11(16)9(12)7-17/h1-6,18H. The van der Waals surface area contributed by atoms with Crippen molar-refractivity contribution in [1.82, 2.24) is 0 Å². The smallest absolute Gasteiger partial charge is 0.263 e. The topological polar surface area (TPSA) is 70.0 Å². The molecule has 108 valence electrons. The number of hydrogen-bond acceptors (Lipinski definition) is 3. The summed E-state index contributed by atoms with van der Waals surface area (Å²) in [6.45, 7) is 0. The largest absolute Gasteiger partial charge is 0.278 e. The average molecular weight is 373 g/mol. The van der Waals surface area contributed by atoms with Crippen LogP contribution in [0.5, 0.6) is 0 Å². The lowest BCUT2D eigenvalue weighted by molar-refractivity contribution is 0.598. The van der Waals surface area contributed by atoms with Crippen LogP contribution in [0.1, 0.15) is 5.56 Å². The number of hydrogen-bond donors (Lipinski definition) is 1. The fraction of sp³-hybridized carbons (Fsp3) is 0. The molecule has 0 aromatic heterocycles. The molecule has 0 radical (unpaired) electrons. The zero-order chi connectivity index (χ0) is 15.6. The molecule has 21 heavy (non-hydrogen) atoms. The maximum atomic E-state index is 13.4. The second kappa shape index (κ2) is 5.79. The summed E-state index contributed by atoms with van der Waals surface area (Å²) in [5.41, 5.74) is -0.604. The van der Waals surface area contributed by atoms with E-state index in [1.165, 1.54) is 12.1 Å². The van der Waals surface area contributed by atoms with Gasteiger partial charge in [0.05, 0.1) is 5.69 Å². The number of rotatable bonds is 3. The molecule has 0 aliphatic carbocycles. The van der Waals surface area contributed by atoms with E-state index in [0.717, 1.165) is 24.3 Å². The van der Waals surface area contributed by atoms with E-state index in [-0.39, 0.29) is 15.1 Å². The van der Waals surface area contributed by atoms with Gasteiger partial charge in [-0.1, -0.05) is 6.07 Å². The molecular formula is C13H7BrF2N2O2S. The molecule has 0 spiro atoms. The first kappa shape index (κ1) is 15.4. The van der Waals surface area contributed by atoms with Crippen LogP contribution >= 0.6 is 15.9 Å². The summed E-state index contributed by atoms with van der Waals surface area (Å²) in [4.78, 5) is -0.225. The zero-order valence-corrected chi connectivity index (χ0v) is 12.7. The molecule has 0 saturated heterocycles. The molecule has 1 N–H and O–H groups in total. The van der Waals surface area contributed by atoms with Crippen molar-refractivity contribution in [2.45, 2.75) is 4.90 Å². The maximum absolute atomic E-state index is 13.4. The Labute approximate surface area is 128 Å². The molecule has 2 rings (SSSR count). The summed E-state index contributed by atoms with van der Waals surface area (Å²) in [6, 6.07) is 8.20. The summed E-state index contributed by atoms with van der Waals surface area (Å²) in [7, 11) is -4.09. The van der Waals surface area contributed by atoms with E-state index in [1.807, 2.05) is 0 Å². The second-order valence-electron chi connectivity index (χ2n) is 3.95. The van der Waals surface area contributed by atoms with Gasteiger partial charge < -0.3 is 0 Å². The number of halogens is 3. The molecule has 2 aromatic rings. The molecule has 0 saturated carbocycles. The van der Waals surface area contributed by atoms with Crippen molar-refractivity contribution in [2.75, 3.05) is 4.72 Å². The SMILES string of the molecule is N#Cc1c(F)cccc1NS(=O)(=O)c1ccc(F)cc1Br. The number of nitrogens with one attached hydrogen (secondary N) is 1. The molecule has 0 bridgehead atoms. The highest BCUT2D eigenvalue weighted by molar-refractivity contribution is 9.10. The van der Waals surface area contributed by atoms with E-state index in [4.69, 9.17) is 5.26 Å². The minimum Gasteiger partial charge on any atom is -0.278 e. The van der Waals surface area contributed by atoms with Gasteiger partial charge >= 0.3 is 0 Å². The Morgan fingerprint density at radius 2 is 1.90 bits per heavy atom. The number of nitrogens with zero attached hydrogens (tertiary/aromatic N) is 1. The lowest BCUT2D eigenvalue weighted by atomic mass is 10.2. The Bertz CT molecular complexity index is 848. The van der Waals surface area contributed by atoms with Crippen LogP contribution in [0.2, 0.25) is 0 Å². The predicted octanol–water partition coefficient (Wildman–Crippen LogP) is 3.40. The van der Waals surface area contributed by atoms with Gasteiger partial charge in [0, 0.05) is 4.47 Å². The molecule has 0 amide bonds. The zero-order valence-electron chi connectivity index (χ0n) is 10.3. The monoisotopic (exact) mass is 372 g/mol. The summed E-state index contributed by atoms with van der Waals surface area (Å²) in [6.07, 6.45) is 0. The molecule has 0 aliphatic heterocycles. The summed E-state index contributed by atoms with van der Waals surface area (Å²) < 4.78 is 53.0. The van der Waals surface area contributed by atoms with Crippen molar-refractivity contribution in [2.24, 2.45) is 0 Å². The first-order chi connectivity index (χ1) is 9.85. The Hall–Kier alpha value is -1.98. The van der Waals surface area contributed by atoms with Crippen LogP contribution in [0.4, 0.5) is 14.5 Å². The molecule has 8 heteroatoms. The van der Waals surface area contributed by atoms with Crippen molar-refractivity contribution < 1.29 is 17.2 Å². The summed E-state index contributed by atoms with van der Waals surface area (Å²) in [5, 5.41) is 8.87. The Balaban J connectivity index is 2.48. The lowest BCUT2D eigenvalue weighted by Crippen LogP contribution is -2.15. The lowest BCUT2D eigenvalue weighted by Gasteiger charge is -2.11. The fourth-order valence-electron chi connectivity index (χ4n) is 1.62. The summed E-state index contributed by atoms with van der Waals surface area (Å²) >= 11 is 2.95. The first-order valence-electron chi connectivity index (χ1n) is 5.51. The van der Waals surface area contributed by atoms with Crippen LogP contribution in [0.25, 0.3) is 0 Å². The molecule has 0 aliphatic rings. The fourth-order valence-corrected chi connectivity index (χ4v) is 3.74. The van der Waals surface area contributed by atoms with Crippen LogP contribution < -0.4 is 4.72 Å². The van der Waals surface area contributed by atoms with Gasteiger partial charge in [-0.05, 0) is 46.3 Å². The quantitative estimate of drug-likeness (QED) is 0.897. The van der Waals surface area contributed by atoms with Crippen molar-refractivity contribution in [3.05, 3.63) is 58.1 Å². The van der Waals surface area contributed by atoms with Crippen LogP contribution in [0.15, 0.2) is 45.8 Å². The molecule has 0 atom stereocenters. The van der Waals surface area contributed by atoms with Crippen molar-refractivity contribution in [1.29, 1.82) is 5.26 Å². The molecule has 4 nitrogen and oxygen atoms in total. The van der Waals surface area contributed by atoms with E-state index in [9.17, 15) is 17.2 Å². The van der Waals surface area contributed by atoms with Gasteiger partial charge in [0.15, 0.2) is 0 Å². The van der Waals surface area contributed by atoms with Crippen molar-refractivity contribution in [3.8, 4) is 6.07 Å². The van der Waals surface area contributed by atoms with Gasteiger partial charge in [0.25, 0.3) is 10.0 Å². The Kier molecular flexibility index (Phi) is 4.25. The third-order valence-electron chi connectivity index (χ3n) is 2.55. The highest BCUT2D eigenvalue weighted by Crippen LogP contribution is 2.26. The Morgan fingerprint density at radius 3 is 2.52 bits per heavy atom. The van der Waals surface area contributed by atoms with Crippen LogP contribution in [0, 0.1) is 23.0 Å². The molecular weight excluding hydrogens is 366 g/mol. The van der Waals surface area contributed by atoms with Gasteiger partial charge in [0.2, 0.25) is 0 Å². The molecule has 0 unspecified atom stereocenters. The minimum atomic E-state index is -4.09. The highest BCUT2D eigenvalue weighted by Gasteiger charge is 2.20. The average Bonchev–Trinajstić information content (AvgIpc) is 2.38. The van der Waals surface area contributed by atoms with Gasteiger partial charge in [0.1, 0.15) is 28.2 Å². The van der Waals surface area contributed by atoms with E-state index < -0.39 is 27.2 Å². The van der Waals surface area contributed by atoms with Gasteiger partial charge in [-0.3, -0.25) is 4.72 Å². The van der Waals surface area contributed by atoms with Crippen LogP contribution in [-0.4, -0.2) is 8.42 Å². The maximum Gasteiger partial charge on any atom is 0.263 e. The second-order valence-corrected chi connectivity index (χ2v) is 6.46. The van der Waals surface area contributed by atoms with E-state index in [0.29, 0.717) is 0 Å². The van der Waals surface area contributed by atoms with E-state index in [1.54, 1.807) is 6.07 Å². The third-order valence-corrected chi connectivity index (χ3v) is 4.90. The number of anilines is 1. The molecule has 0 heterocycles. The van der Waals surface area contributed by atoms with Crippen LogP contribution in [0.3, 0.4) is 0 Å². The number of sulfonamides is 1. The van der Waals surface area contributed by atoms with Crippen LogP contribution in [-0.2, 0) is 10.0 Å². The van der Waals surface area contributed by atoms with Gasteiger partial charge in [-0.25, -0.2) is 17.2 Å². The third kappa shape index (κ3) is 3.20. The van der Waals surface area contributed by atoms with Gasteiger partial charge in [-0.2, -0.15) is 5.26 Å². The van der Waals surface area contributed by atoms with Crippen molar-refractivity contribution in [3.63, 3.8) is 0 Å². The van der Waals surface area contributed by atoms with E-state index in [2.05, 4.69) is 20.7 Å². The predicted molar refractivity (Wildman–Crippen MR) is 76.0 cm³/mol. The normalized spacial score (nSPS) is 11.0. The Morgan fingerprint density at radius 1 is 1.19 bits per heavy atom.